The highest BCUT2D eigenvalue weighted by Gasteiger charge is 2.19. The summed E-state index contributed by atoms with van der Waals surface area (Å²) in [5.41, 5.74) is 11.0. The Bertz CT molecular complexity index is 925. The molecule has 0 fully saturated rings. The minimum atomic E-state index is 0.347. The average molecular weight is 340 g/mol. The Morgan fingerprint density at radius 3 is 3.00 bits per heavy atom. The zero-order valence-corrected chi connectivity index (χ0v) is 14.2. The molecule has 0 radical (unpaired) electrons. The number of nitrogens with zero attached hydrogens (tertiary/aromatic N) is 4. The van der Waals surface area contributed by atoms with Crippen molar-refractivity contribution in [2.75, 3.05) is 12.3 Å². The molecule has 0 spiro atoms. The summed E-state index contributed by atoms with van der Waals surface area (Å²) in [6.45, 7) is 4.55. The monoisotopic (exact) mass is 339 g/mol. The summed E-state index contributed by atoms with van der Waals surface area (Å²) in [6.07, 6.45) is 2.70. The number of halogens is 1. The first-order valence-corrected chi connectivity index (χ1v) is 8.35. The van der Waals surface area contributed by atoms with Crippen molar-refractivity contribution in [2.45, 2.75) is 26.4 Å². The van der Waals surface area contributed by atoms with Gasteiger partial charge in [0.05, 0.1) is 11.2 Å². The van der Waals surface area contributed by atoms with E-state index < -0.39 is 0 Å². The van der Waals surface area contributed by atoms with Gasteiger partial charge in [0.15, 0.2) is 0 Å². The van der Waals surface area contributed by atoms with Crippen molar-refractivity contribution >= 4 is 28.5 Å². The van der Waals surface area contributed by atoms with Gasteiger partial charge in [-0.05, 0) is 24.6 Å². The van der Waals surface area contributed by atoms with Crippen molar-refractivity contribution in [3.8, 4) is 0 Å². The van der Waals surface area contributed by atoms with Gasteiger partial charge in [0.2, 0.25) is 5.95 Å². The fraction of sp³-hybridized carbons (Fsp3) is 0.278. The van der Waals surface area contributed by atoms with E-state index in [4.69, 9.17) is 17.3 Å². The molecule has 0 aliphatic carbocycles. The van der Waals surface area contributed by atoms with Crippen LogP contribution in [0.25, 0.3) is 10.9 Å². The first-order valence-electron chi connectivity index (χ1n) is 7.97. The predicted octanol–water partition coefficient (Wildman–Crippen LogP) is 3.13. The molecule has 0 atom stereocenters. The van der Waals surface area contributed by atoms with E-state index >= 15 is 0 Å². The second-order valence-corrected chi connectivity index (χ2v) is 6.65. The van der Waals surface area contributed by atoms with Crippen LogP contribution in [0.1, 0.15) is 22.4 Å². The van der Waals surface area contributed by atoms with Gasteiger partial charge in [-0.15, -0.1) is 0 Å². The summed E-state index contributed by atoms with van der Waals surface area (Å²) in [6, 6.07) is 8.39. The van der Waals surface area contributed by atoms with Crippen molar-refractivity contribution in [1.29, 1.82) is 0 Å². The lowest BCUT2D eigenvalue weighted by Gasteiger charge is -2.28. The molecule has 1 aliphatic heterocycles. The third kappa shape index (κ3) is 2.92. The number of aryl methyl sites for hydroxylation is 1. The molecular formula is C18H18ClN5. The van der Waals surface area contributed by atoms with E-state index in [1.54, 1.807) is 0 Å². The molecule has 5 nitrogen and oxygen atoms in total. The lowest BCUT2D eigenvalue weighted by Crippen LogP contribution is -2.31. The number of hydrogen-bond acceptors (Lipinski definition) is 5. The van der Waals surface area contributed by atoms with Gasteiger partial charge in [-0.1, -0.05) is 23.7 Å². The highest BCUT2D eigenvalue weighted by molar-refractivity contribution is 6.30. The Balaban J connectivity index is 1.59. The summed E-state index contributed by atoms with van der Waals surface area (Å²) in [7, 11) is 0. The molecule has 0 saturated carbocycles. The topological polar surface area (TPSA) is 67.9 Å². The minimum Gasteiger partial charge on any atom is -0.368 e. The number of nitrogen functional groups attached to an aromatic ring is 1. The summed E-state index contributed by atoms with van der Waals surface area (Å²) >= 11 is 6.42. The Labute approximate surface area is 145 Å². The first-order chi connectivity index (χ1) is 11.6. The van der Waals surface area contributed by atoms with Crippen LogP contribution < -0.4 is 5.73 Å². The number of fused-ring (bicyclic) bond motifs is 2. The summed E-state index contributed by atoms with van der Waals surface area (Å²) in [5.74, 6) is 0.347. The van der Waals surface area contributed by atoms with Gasteiger partial charge in [0.1, 0.15) is 5.15 Å². The second-order valence-electron chi connectivity index (χ2n) is 6.30. The number of rotatable bonds is 2. The highest BCUT2D eigenvalue weighted by atomic mass is 35.5. The van der Waals surface area contributed by atoms with E-state index in [0.29, 0.717) is 11.1 Å². The number of pyridine rings is 1. The van der Waals surface area contributed by atoms with Crippen LogP contribution in [0.2, 0.25) is 5.15 Å². The van der Waals surface area contributed by atoms with Gasteiger partial charge < -0.3 is 5.73 Å². The van der Waals surface area contributed by atoms with Crippen LogP contribution in [0.5, 0.6) is 0 Å². The van der Waals surface area contributed by atoms with E-state index in [1.807, 2.05) is 6.20 Å². The van der Waals surface area contributed by atoms with Crippen LogP contribution in [0.15, 0.2) is 30.5 Å². The molecule has 122 valence electrons. The molecular weight excluding hydrogens is 322 g/mol. The van der Waals surface area contributed by atoms with E-state index in [0.717, 1.165) is 53.8 Å². The van der Waals surface area contributed by atoms with Gasteiger partial charge in [-0.25, -0.2) is 15.0 Å². The number of benzene rings is 1. The number of nitrogens with two attached hydrogens (primary N) is 1. The fourth-order valence-electron chi connectivity index (χ4n) is 3.17. The zero-order chi connectivity index (χ0) is 16.7. The normalized spacial score (nSPS) is 14.8. The maximum atomic E-state index is 6.42. The number of anilines is 1. The molecule has 0 amide bonds. The lowest BCUT2D eigenvalue weighted by atomic mass is 10.1. The smallest absolute Gasteiger partial charge is 0.220 e. The highest BCUT2D eigenvalue weighted by Crippen LogP contribution is 2.25. The van der Waals surface area contributed by atoms with E-state index in [9.17, 15) is 0 Å². The molecule has 6 heteroatoms. The largest absolute Gasteiger partial charge is 0.368 e. The summed E-state index contributed by atoms with van der Waals surface area (Å²) in [4.78, 5) is 15.3. The molecule has 24 heavy (non-hydrogen) atoms. The van der Waals surface area contributed by atoms with E-state index in [1.165, 1.54) is 5.56 Å². The van der Waals surface area contributed by atoms with Crippen molar-refractivity contribution in [2.24, 2.45) is 0 Å². The van der Waals surface area contributed by atoms with Crippen LogP contribution in [-0.2, 0) is 19.5 Å². The number of aromatic nitrogens is 3. The van der Waals surface area contributed by atoms with Gasteiger partial charge in [0, 0.05) is 48.8 Å². The van der Waals surface area contributed by atoms with Crippen molar-refractivity contribution in [1.82, 2.24) is 19.9 Å². The fourth-order valence-corrected chi connectivity index (χ4v) is 3.38. The standard InChI is InChI=1S/C18H18ClN5/c1-11-2-3-12-7-13(17(19)22-16(12)6-11)9-24-5-4-15-14(10-24)8-21-18(20)23-15/h2-3,6-8H,4-5,9-10H2,1H3,(H2,20,21,23). The third-order valence-corrected chi connectivity index (χ3v) is 4.75. The molecule has 4 rings (SSSR count). The summed E-state index contributed by atoms with van der Waals surface area (Å²) in [5, 5.41) is 1.70. The van der Waals surface area contributed by atoms with Crippen LogP contribution in [0, 0.1) is 6.92 Å². The van der Waals surface area contributed by atoms with Crippen LogP contribution in [0.4, 0.5) is 5.95 Å². The average Bonchev–Trinajstić information content (AvgIpc) is 2.56. The van der Waals surface area contributed by atoms with Gasteiger partial charge in [0.25, 0.3) is 0 Å². The quantitative estimate of drug-likeness (QED) is 0.726. The zero-order valence-electron chi connectivity index (χ0n) is 13.5. The molecule has 1 aromatic carbocycles. The molecule has 1 aliphatic rings. The Morgan fingerprint density at radius 2 is 2.12 bits per heavy atom. The van der Waals surface area contributed by atoms with Crippen LogP contribution in [-0.4, -0.2) is 26.4 Å². The Kier molecular flexibility index (Phi) is 3.82. The van der Waals surface area contributed by atoms with E-state index in [2.05, 4.69) is 51.0 Å². The minimum absolute atomic E-state index is 0.347. The van der Waals surface area contributed by atoms with Crippen molar-refractivity contribution in [3.05, 3.63) is 58.0 Å². The molecule has 0 unspecified atom stereocenters. The van der Waals surface area contributed by atoms with E-state index in [-0.39, 0.29) is 0 Å². The maximum Gasteiger partial charge on any atom is 0.220 e. The first kappa shape index (κ1) is 15.3. The van der Waals surface area contributed by atoms with Gasteiger partial charge in [-0.2, -0.15) is 0 Å². The molecule has 2 N–H and O–H groups in total. The maximum absolute atomic E-state index is 6.42. The molecule has 3 heterocycles. The molecule has 2 aromatic heterocycles. The van der Waals surface area contributed by atoms with Crippen molar-refractivity contribution in [3.63, 3.8) is 0 Å². The molecule has 0 bridgehead atoms. The second kappa shape index (κ2) is 6.00. The van der Waals surface area contributed by atoms with Crippen molar-refractivity contribution < 1.29 is 0 Å². The van der Waals surface area contributed by atoms with Crippen LogP contribution in [0.3, 0.4) is 0 Å². The molecule has 0 saturated heterocycles. The Hall–Kier alpha value is -2.24. The van der Waals surface area contributed by atoms with Crippen LogP contribution >= 0.6 is 11.6 Å². The lowest BCUT2D eigenvalue weighted by molar-refractivity contribution is 0.243. The SMILES string of the molecule is Cc1ccc2cc(CN3CCc4nc(N)ncc4C3)c(Cl)nc2c1. The summed E-state index contributed by atoms with van der Waals surface area (Å²) < 4.78 is 0. The molecule has 3 aromatic rings. The third-order valence-electron chi connectivity index (χ3n) is 4.42. The number of hydrogen-bond donors (Lipinski definition) is 1. The van der Waals surface area contributed by atoms with Gasteiger partial charge in [-0.3, -0.25) is 4.90 Å². The Morgan fingerprint density at radius 1 is 1.25 bits per heavy atom. The predicted molar refractivity (Wildman–Crippen MR) is 95.8 cm³/mol. The van der Waals surface area contributed by atoms with Gasteiger partial charge >= 0.3 is 0 Å².